The number of hydrogen-bond acceptors (Lipinski definition) is 4. The fourth-order valence-electron chi connectivity index (χ4n) is 2.49. The van der Waals surface area contributed by atoms with E-state index in [1.165, 1.54) is 10.9 Å². The molecule has 2 aromatic rings. The highest BCUT2D eigenvalue weighted by Gasteiger charge is 2.28. The van der Waals surface area contributed by atoms with Crippen LogP contribution in [-0.2, 0) is 9.59 Å². The van der Waals surface area contributed by atoms with Crippen molar-refractivity contribution in [2.75, 3.05) is 13.1 Å². The number of carbonyl (C=O) groups is 2. The predicted molar refractivity (Wildman–Crippen MR) is 84.3 cm³/mol. The van der Waals surface area contributed by atoms with Gasteiger partial charge in [0.15, 0.2) is 0 Å². The fraction of sp³-hybridized carbons (Fsp3) is 0.250. The average molecular weight is 311 g/mol. The van der Waals surface area contributed by atoms with Crippen LogP contribution in [0.4, 0.5) is 0 Å². The van der Waals surface area contributed by atoms with E-state index in [4.69, 9.17) is 5.73 Å². The first-order valence-corrected chi connectivity index (χ1v) is 7.37. The Morgan fingerprint density at radius 1 is 1.26 bits per heavy atom. The predicted octanol–water partition coefficient (Wildman–Crippen LogP) is 0.614. The molecule has 0 spiro atoms. The Kier molecular flexibility index (Phi) is 4.18. The molecule has 2 N–H and O–H groups in total. The van der Waals surface area contributed by atoms with Crippen LogP contribution in [0.2, 0.25) is 0 Å². The number of nitrogens with two attached hydrogens (primary N) is 1. The van der Waals surface area contributed by atoms with Gasteiger partial charge in [0.1, 0.15) is 5.69 Å². The van der Waals surface area contributed by atoms with Crippen LogP contribution in [0.1, 0.15) is 12.1 Å². The Morgan fingerprint density at radius 2 is 2.04 bits per heavy atom. The van der Waals surface area contributed by atoms with Gasteiger partial charge in [-0.05, 0) is 24.6 Å². The van der Waals surface area contributed by atoms with Crippen LogP contribution in [0.15, 0.2) is 42.6 Å². The zero-order valence-electron chi connectivity index (χ0n) is 12.5. The second kappa shape index (κ2) is 6.43. The van der Waals surface area contributed by atoms with Crippen LogP contribution < -0.4 is 5.73 Å². The summed E-state index contributed by atoms with van der Waals surface area (Å²) in [6, 6.07) is 9.52. The SMILES string of the molecule is NC(=O)[C@@H]1CCN(C(=O)/C=C/c2cnn(-c3ccccc3)n2)C1. The third-order valence-corrected chi connectivity index (χ3v) is 3.80. The molecule has 118 valence electrons. The highest BCUT2D eigenvalue weighted by Crippen LogP contribution is 2.16. The van der Waals surface area contributed by atoms with E-state index in [9.17, 15) is 9.59 Å². The lowest BCUT2D eigenvalue weighted by Crippen LogP contribution is -2.30. The van der Waals surface area contributed by atoms with Crippen LogP contribution >= 0.6 is 0 Å². The van der Waals surface area contributed by atoms with E-state index in [0.717, 1.165) is 5.69 Å². The summed E-state index contributed by atoms with van der Waals surface area (Å²) in [5.74, 6) is -0.746. The van der Waals surface area contributed by atoms with E-state index in [1.807, 2.05) is 30.3 Å². The third-order valence-electron chi connectivity index (χ3n) is 3.80. The fourth-order valence-corrected chi connectivity index (χ4v) is 2.49. The number of aromatic nitrogens is 3. The summed E-state index contributed by atoms with van der Waals surface area (Å²) in [5, 5.41) is 8.46. The van der Waals surface area contributed by atoms with E-state index in [1.54, 1.807) is 17.2 Å². The summed E-state index contributed by atoms with van der Waals surface area (Å²) in [7, 11) is 0. The molecule has 1 saturated heterocycles. The topological polar surface area (TPSA) is 94.1 Å². The Morgan fingerprint density at radius 3 is 2.74 bits per heavy atom. The molecule has 1 aromatic heterocycles. The van der Waals surface area contributed by atoms with Crippen molar-refractivity contribution in [1.29, 1.82) is 0 Å². The van der Waals surface area contributed by atoms with Crippen molar-refractivity contribution < 1.29 is 9.59 Å². The lowest BCUT2D eigenvalue weighted by molar-refractivity contribution is -0.125. The van der Waals surface area contributed by atoms with E-state index in [0.29, 0.717) is 25.2 Å². The molecule has 7 heteroatoms. The van der Waals surface area contributed by atoms with Crippen LogP contribution in [0, 0.1) is 5.92 Å². The van der Waals surface area contributed by atoms with Crippen molar-refractivity contribution in [2.24, 2.45) is 11.7 Å². The number of hydrogen-bond donors (Lipinski definition) is 1. The number of para-hydroxylation sites is 1. The standard InChI is InChI=1S/C16H17N5O2/c17-16(23)12-8-9-20(11-12)15(22)7-6-13-10-18-21(19-13)14-4-2-1-3-5-14/h1-7,10,12H,8-9,11H2,(H2,17,23)/b7-6+/t12-/m1/s1. The molecule has 1 aliphatic heterocycles. The zero-order chi connectivity index (χ0) is 16.2. The average Bonchev–Trinajstić information content (AvgIpc) is 3.23. The van der Waals surface area contributed by atoms with Crippen molar-refractivity contribution in [2.45, 2.75) is 6.42 Å². The van der Waals surface area contributed by atoms with Gasteiger partial charge in [0, 0.05) is 19.2 Å². The summed E-state index contributed by atoms with van der Waals surface area (Å²) < 4.78 is 0. The van der Waals surface area contributed by atoms with E-state index in [2.05, 4.69) is 10.2 Å². The molecule has 0 radical (unpaired) electrons. The number of rotatable bonds is 4. The quantitative estimate of drug-likeness (QED) is 0.837. The van der Waals surface area contributed by atoms with Gasteiger partial charge in [0.05, 0.1) is 17.8 Å². The molecule has 3 rings (SSSR count). The van der Waals surface area contributed by atoms with E-state index < -0.39 is 0 Å². The normalized spacial score (nSPS) is 17.7. The highest BCUT2D eigenvalue weighted by molar-refractivity contribution is 5.92. The molecule has 0 unspecified atom stereocenters. The maximum absolute atomic E-state index is 12.1. The molecule has 0 saturated carbocycles. The molecular formula is C16H17N5O2. The summed E-state index contributed by atoms with van der Waals surface area (Å²) in [4.78, 5) is 26.3. The lowest BCUT2D eigenvalue weighted by Gasteiger charge is -2.12. The Hall–Kier alpha value is -2.96. The third kappa shape index (κ3) is 3.45. The summed E-state index contributed by atoms with van der Waals surface area (Å²) >= 11 is 0. The Balaban J connectivity index is 1.63. The zero-order valence-corrected chi connectivity index (χ0v) is 12.5. The Bertz CT molecular complexity index is 738. The molecule has 1 fully saturated rings. The van der Waals surface area contributed by atoms with Crippen molar-refractivity contribution >= 4 is 17.9 Å². The van der Waals surface area contributed by atoms with Crippen LogP contribution in [0.25, 0.3) is 11.8 Å². The maximum atomic E-state index is 12.1. The van der Waals surface area contributed by atoms with Gasteiger partial charge in [-0.15, -0.1) is 5.10 Å². The highest BCUT2D eigenvalue weighted by atomic mass is 16.2. The summed E-state index contributed by atoms with van der Waals surface area (Å²) in [6.45, 7) is 0.933. The van der Waals surface area contributed by atoms with E-state index >= 15 is 0 Å². The number of benzene rings is 1. The van der Waals surface area contributed by atoms with Crippen LogP contribution in [0.5, 0.6) is 0 Å². The molecule has 1 aromatic carbocycles. The monoisotopic (exact) mass is 311 g/mol. The molecule has 0 aliphatic carbocycles. The van der Waals surface area contributed by atoms with Gasteiger partial charge in [-0.25, -0.2) is 0 Å². The van der Waals surface area contributed by atoms with Gasteiger partial charge in [-0.2, -0.15) is 9.90 Å². The second-order valence-corrected chi connectivity index (χ2v) is 5.40. The van der Waals surface area contributed by atoms with Gasteiger partial charge >= 0.3 is 0 Å². The molecule has 1 atom stereocenters. The first-order chi connectivity index (χ1) is 11.1. The molecule has 23 heavy (non-hydrogen) atoms. The molecule has 1 aliphatic rings. The molecule has 2 heterocycles. The van der Waals surface area contributed by atoms with E-state index in [-0.39, 0.29) is 17.7 Å². The van der Waals surface area contributed by atoms with Gasteiger partial charge in [0.25, 0.3) is 0 Å². The number of nitrogens with zero attached hydrogens (tertiary/aromatic N) is 4. The van der Waals surface area contributed by atoms with Crippen LogP contribution in [-0.4, -0.2) is 44.8 Å². The van der Waals surface area contributed by atoms with Gasteiger partial charge in [-0.3, -0.25) is 9.59 Å². The van der Waals surface area contributed by atoms with Crippen LogP contribution in [0.3, 0.4) is 0 Å². The summed E-state index contributed by atoms with van der Waals surface area (Å²) in [6.07, 6.45) is 5.28. The van der Waals surface area contributed by atoms with Crippen molar-refractivity contribution in [3.63, 3.8) is 0 Å². The number of primary amides is 1. The molecule has 7 nitrogen and oxygen atoms in total. The van der Waals surface area contributed by atoms with Gasteiger partial charge in [0.2, 0.25) is 11.8 Å². The minimum absolute atomic E-state index is 0.150. The van der Waals surface area contributed by atoms with Gasteiger partial charge < -0.3 is 10.6 Å². The molecule has 0 bridgehead atoms. The molecule has 2 amide bonds. The minimum atomic E-state index is -0.352. The van der Waals surface area contributed by atoms with Crippen molar-refractivity contribution in [3.8, 4) is 5.69 Å². The number of likely N-dealkylation sites (tertiary alicyclic amines) is 1. The molecular weight excluding hydrogens is 294 g/mol. The maximum Gasteiger partial charge on any atom is 0.246 e. The minimum Gasteiger partial charge on any atom is -0.369 e. The lowest BCUT2D eigenvalue weighted by atomic mass is 10.1. The van der Waals surface area contributed by atoms with Gasteiger partial charge in [-0.1, -0.05) is 18.2 Å². The van der Waals surface area contributed by atoms with Crippen molar-refractivity contribution in [3.05, 3.63) is 48.3 Å². The smallest absolute Gasteiger partial charge is 0.246 e. The Labute approximate surface area is 133 Å². The number of carbonyl (C=O) groups excluding carboxylic acids is 2. The summed E-state index contributed by atoms with van der Waals surface area (Å²) in [5.41, 5.74) is 6.71. The number of amides is 2. The second-order valence-electron chi connectivity index (χ2n) is 5.40. The first kappa shape index (κ1) is 15.0. The largest absolute Gasteiger partial charge is 0.369 e. The van der Waals surface area contributed by atoms with Crippen molar-refractivity contribution in [1.82, 2.24) is 19.9 Å². The first-order valence-electron chi connectivity index (χ1n) is 7.37.